The SMILES string of the molecule is O=C(Nc1nnc(Cc2ccccc2)s1)c1cnc2sccn2c1=O. The van der Waals surface area contributed by atoms with Crippen LogP contribution in [0.15, 0.2) is 52.9 Å². The standard InChI is InChI=1S/C16H11N5O2S2/c22-13(11-9-17-16-21(14(11)23)6-7-24-16)18-15-20-19-12(25-15)8-10-4-2-1-3-5-10/h1-7,9H,8H2,(H,18,20,22). The van der Waals surface area contributed by atoms with Gasteiger partial charge in [-0.1, -0.05) is 41.7 Å². The van der Waals surface area contributed by atoms with Crippen LogP contribution >= 0.6 is 22.7 Å². The lowest BCUT2D eigenvalue weighted by molar-refractivity contribution is 0.102. The van der Waals surface area contributed by atoms with Gasteiger partial charge in [0.25, 0.3) is 11.5 Å². The molecule has 0 aliphatic heterocycles. The molecule has 1 amide bonds. The third-order valence-electron chi connectivity index (χ3n) is 3.47. The monoisotopic (exact) mass is 369 g/mol. The Morgan fingerprint density at radius 3 is 2.88 bits per heavy atom. The van der Waals surface area contributed by atoms with Crippen molar-refractivity contribution in [1.82, 2.24) is 19.6 Å². The maximum Gasteiger partial charge on any atom is 0.271 e. The molecule has 0 aliphatic rings. The second kappa shape index (κ2) is 6.54. The zero-order valence-corrected chi connectivity index (χ0v) is 14.4. The van der Waals surface area contributed by atoms with Crippen molar-refractivity contribution < 1.29 is 4.79 Å². The summed E-state index contributed by atoms with van der Waals surface area (Å²) in [6.45, 7) is 0. The molecule has 4 aromatic rings. The number of aromatic nitrogens is 4. The number of fused-ring (bicyclic) bond motifs is 1. The summed E-state index contributed by atoms with van der Waals surface area (Å²) in [5, 5.41) is 13.5. The molecule has 0 saturated heterocycles. The van der Waals surface area contributed by atoms with Gasteiger partial charge in [0.1, 0.15) is 10.6 Å². The zero-order chi connectivity index (χ0) is 17.2. The van der Waals surface area contributed by atoms with E-state index in [9.17, 15) is 9.59 Å². The van der Waals surface area contributed by atoms with Crippen LogP contribution in [0.25, 0.3) is 4.96 Å². The molecule has 0 radical (unpaired) electrons. The van der Waals surface area contributed by atoms with Crippen LogP contribution in [0.3, 0.4) is 0 Å². The van der Waals surface area contributed by atoms with Crippen LogP contribution in [0.5, 0.6) is 0 Å². The van der Waals surface area contributed by atoms with Gasteiger partial charge < -0.3 is 0 Å². The Morgan fingerprint density at radius 2 is 2.04 bits per heavy atom. The van der Waals surface area contributed by atoms with E-state index in [0.717, 1.165) is 10.6 Å². The number of thiazole rings is 1. The Labute approximate surface area is 149 Å². The van der Waals surface area contributed by atoms with Crippen molar-refractivity contribution >= 4 is 38.7 Å². The minimum atomic E-state index is -0.541. The average Bonchev–Trinajstić information content (AvgIpc) is 3.26. The number of rotatable bonds is 4. The number of nitrogens with zero attached hydrogens (tertiary/aromatic N) is 4. The van der Waals surface area contributed by atoms with Crippen LogP contribution in [0.2, 0.25) is 0 Å². The summed E-state index contributed by atoms with van der Waals surface area (Å²) < 4.78 is 1.35. The van der Waals surface area contributed by atoms with Crippen LogP contribution in [0.1, 0.15) is 20.9 Å². The largest absolute Gasteiger partial charge is 0.296 e. The first-order valence-corrected chi connectivity index (χ1v) is 9.03. The minimum absolute atomic E-state index is 0.0318. The predicted molar refractivity (Wildman–Crippen MR) is 96.4 cm³/mol. The lowest BCUT2D eigenvalue weighted by Crippen LogP contribution is -2.25. The summed E-state index contributed by atoms with van der Waals surface area (Å²) in [5.74, 6) is -0.541. The van der Waals surface area contributed by atoms with Gasteiger partial charge in [-0.15, -0.1) is 21.5 Å². The number of hydrogen-bond donors (Lipinski definition) is 1. The van der Waals surface area contributed by atoms with Crippen LogP contribution in [-0.4, -0.2) is 25.5 Å². The van der Waals surface area contributed by atoms with E-state index in [0.29, 0.717) is 16.5 Å². The third-order valence-corrected chi connectivity index (χ3v) is 5.08. The Bertz CT molecular complexity index is 1100. The molecule has 124 valence electrons. The van der Waals surface area contributed by atoms with E-state index in [-0.39, 0.29) is 5.56 Å². The lowest BCUT2D eigenvalue weighted by atomic mass is 10.2. The Hall–Kier alpha value is -2.91. The molecular weight excluding hydrogens is 358 g/mol. The highest BCUT2D eigenvalue weighted by Crippen LogP contribution is 2.19. The molecular formula is C16H11N5O2S2. The Kier molecular flexibility index (Phi) is 4.08. The smallest absolute Gasteiger partial charge is 0.271 e. The fourth-order valence-corrected chi connectivity index (χ4v) is 3.74. The maximum atomic E-state index is 12.3. The highest BCUT2D eigenvalue weighted by molar-refractivity contribution is 7.15. The van der Waals surface area contributed by atoms with Crippen molar-refractivity contribution in [2.45, 2.75) is 6.42 Å². The maximum absolute atomic E-state index is 12.3. The molecule has 0 saturated carbocycles. The van der Waals surface area contributed by atoms with Crippen molar-refractivity contribution in [2.75, 3.05) is 5.32 Å². The number of carbonyl (C=O) groups is 1. The molecule has 0 aliphatic carbocycles. The quantitative estimate of drug-likeness (QED) is 0.597. The summed E-state index contributed by atoms with van der Waals surface area (Å²) in [6.07, 6.45) is 3.52. The number of carbonyl (C=O) groups excluding carboxylic acids is 1. The van der Waals surface area contributed by atoms with E-state index in [4.69, 9.17) is 0 Å². The highest BCUT2D eigenvalue weighted by atomic mass is 32.1. The normalized spacial score (nSPS) is 10.9. The van der Waals surface area contributed by atoms with Gasteiger partial charge in [0.05, 0.1) is 0 Å². The molecule has 0 spiro atoms. The molecule has 0 atom stereocenters. The molecule has 0 bridgehead atoms. The molecule has 0 unspecified atom stereocenters. The molecule has 1 N–H and O–H groups in total. The van der Waals surface area contributed by atoms with E-state index >= 15 is 0 Å². The highest BCUT2D eigenvalue weighted by Gasteiger charge is 2.16. The summed E-state index contributed by atoms with van der Waals surface area (Å²) >= 11 is 2.61. The molecule has 3 heterocycles. The Balaban J connectivity index is 1.52. The fourth-order valence-electron chi connectivity index (χ4n) is 2.29. The van der Waals surface area contributed by atoms with Crippen LogP contribution in [-0.2, 0) is 6.42 Å². The zero-order valence-electron chi connectivity index (χ0n) is 12.7. The minimum Gasteiger partial charge on any atom is -0.296 e. The van der Waals surface area contributed by atoms with Crippen molar-refractivity contribution in [2.24, 2.45) is 0 Å². The van der Waals surface area contributed by atoms with Crippen molar-refractivity contribution in [1.29, 1.82) is 0 Å². The molecule has 9 heteroatoms. The van der Waals surface area contributed by atoms with Crippen LogP contribution in [0, 0.1) is 0 Å². The number of benzene rings is 1. The first-order valence-electron chi connectivity index (χ1n) is 7.33. The summed E-state index contributed by atoms with van der Waals surface area (Å²) in [7, 11) is 0. The second-order valence-electron chi connectivity index (χ2n) is 5.15. The predicted octanol–water partition coefficient (Wildman–Crippen LogP) is 2.45. The van der Waals surface area contributed by atoms with E-state index in [1.165, 1.54) is 33.3 Å². The van der Waals surface area contributed by atoms with Gasteiger partial charge in [0.15, 0.2) is 4.96 Å². The van der Waals surface area contributed by atoms with Gasteiger partial charge in [-0.3, -0.25) is 19.3 Å². The van der Waals surface area contributed by atoms with E-state index in [2.05, 4.69) is 20.5 Å². The van der Waals surface area contributed by atoms with Gasteiger partial charge in [0, 0.05) is 24.2 Å². The molecule has 3 aromatic heterocycles. The summed E-state index contributed by atoms with van der Waals surface area (Å²) in [6, 6.07) is 9.87. The molecule has 7 nitrogen and oxygen atoms in total. The molecule has 25 heavy (non-hydrogen) atoms. The third kappa shape index (κ3) is 3.19. The average molecular weight is 369 g/mol. The summed E-state index contributed by atoms with van der Waals surface area (Å²) in [4.78, 5) is 29.3. The molecule has 4 rings (SSSR count). The van der Waals surface area contributed by atoms with Crippen molar-refractivity contribution in [3.63, 3.8) is 0 Å². The van der Waals surface area contributed by atoms with Gasteiger partial charge >= 0.3 is 0 Å². The van der Waals surface area contributed by atoms with Crippen molar-refractivity contribution in [3.05, 3.63) is 74.6 Å². The van der Waals surface area contributed by atoms with Gasteiger partial charge in [0.2, 0.25) is 5.13 Å². The Morgan fingerprint density at radius 1 is 1.20 bits per heavy atom. The van der Waals surface area contributed by atoms with Gasteiger partial charge in [-0.25, -0.2) is 4.98 Å². The number of hydrogen-bond acceptors (Lipinski definition) is 7. The van der Waals surface area contributed by atoms with Gasteiger partial charge in [-0.05, 0) is 5.56 Å². The number of amides is 1. The first kappa shape index (κ1) is 15.6. The molecule has 0 fully saturated rings. The lowest BCUT2D eigenvalue weighted by Gasteiger charge is -2.00. The fraction of sp³-hybridized carbons (Fsp3) is 0.0625. The summed E-state index contributed by atoms with van der Waals surface area (Å²) in [5.41, 5.74) is 0.676. The second-order valence-corrected chi connectivity index (χ2v) is 7.09. The number of nitrogens with one attached hydrogen (secondary N) is 1. The van der Waals surface area contributed by atoms with Gasteiger partial charge in [-0.2, -0.15) is 0 Å². The van der Waals surface area contributed by atoms with Crippen molar-refractivity contribution in [3.8, 4) is 0 Å². The van der Waals surface area contributed by atoms with Crippen LogP contribution < -0.4 is 10.9 Å². The van der Waals surface area contributed by atoms with E-state index in [1.54, 1.807) is 11.6 Å². The van der Waals surface area contributed by atoms with E-state index < -0.39 is 11.5 Å². The first-order chi connectivity index (χ1) is 12.2. The van der Waals surface area contributed by atoms with E-state index in [1.807, 2.05) is 30.3 Å². The van der Waals surface area contributed by atoms with Crippen LogP contribution in [0.4, 0.5) is 5.13 Å². The molecule has 1 aromatic carbocycles. The number of anilines is 1. The topological polar surface area (TPSA) is 89.2 Å².